The van der Waals surface area contributed by atoms with Gasteiger partial charge in [0.1, 0.15) is 5.75 Å². The molecule has 0 bridgehead atoms. The summed E-state index contributed by atoms with van der Waals surface area (Å²) >= 11 is 1.92. The maximum Gasteiger partial charge on any atom is 0.143 e. The minimum absolute atomic E-state index is 0.506. The molecule has 2 rings (SSSR count). The summed E-state index contributed by atoms with van der Waals surface area (Å²) in [5, 5.41) is 3.59. The second kappa shape index (κ2) is 5.65. The third kappa shape index (κ3) is 2.69. The molecule has 4 heteroatoms. The zero-order valence-corrected chi connectivity index (χ0v) is 11.3. The Morgan fingerprint density at radius 3 is 3.06 bits per heavy atom. The molecule has 1 aromatic rings. The number of nitrogens with one attached hydrogen (secondary N) is 1. The van der Waals surface area contributed by atoms with Gasteiger partial charge < -0.3 is 15.8 Å². The number of aryl methyl sites for hydroxylation is 1. The number of hydrogen-bond acceptors (Lipinski definition) is 4. The first-order chi connectivity index (χ1) is 8.26. The Morgan fingerprint density at radius 2 is 2.35 bits per heavy atom. The molecular formula is C13H20N2OS. The van der Waals surface area contributed by atoms with Crippen LogP contribution in [0.3, 0.4) is 0 Å². The number of thioether (sulfide) groups is 1. The summed E-state index contributed by atoms with van der Waals surface area (Å²) in [6.45, 7) is 2.91. The van der Waals surface area contributed by atoms with Gasteiger partial charge in [0.2, 0.25) is 0 Å². The molecule has 0 radical (unpaired) electrons. The fraction of sp³-hybridized carbons (Fsp3) is 0.538. The summed E-state index contributed by atoms with van der Waals surface area (Å²) in [6.07, 6.45) is 2.20. The van der Waals surface area contributed by atoms with Gasteiger partial charge in [-0.05, 0) is 37.9 Å². The SMILES string of the molecule is COc1ccc(C)c2c1NC(CCCN)CS2. The normalized spacial score (nSPS) is 18.4. The smallest absolute Gasteiger partial charge is 0.143 e. The molecule has 1 aromatic carbocycles. The Morgan fingerprint density at radius 1 is 1.53 bits per heavy atom. The van der Waals surface area contributed by atoms with E-state index < -0.39 is 0 Å². The molecule has 0 aromatic heterocycles. The molecule has 1 unspecified atom stereocenters. The molecule has 0 spiro atoms. The highest BCUT2D eigenvalue weighted by atomic mass is 32.2. The standard InChI is InChI=1S/C13H20N2OS/c1-9-5-6-11(16-2)12-13(9)17-8-10(15-12)4-3-7-14/h5-6,10,15H,3-4,7-8,14H2,1-2H3. The van der Waals surface area contributed by atoms with Gasteiger partial charge in [0, 0.05) is 16.7 Å². The Kier molecular flexibility index (Phi) is 4.18. The van der Waals surface area contributed by atoms with E-state index in [4.69, 9.17) is 10.5 Å². The van der Waals surface area contributed by atoms with Gasteiger partial charge in [0.15, 0.2) is 0 Å². The molecule has 1 heterocycles. The first-order valence-corrected chi connectivity index (χ1v) is 7.01. The molecule has 1 atom stereocenters. The Bertz CT molecular complexity index is 395. The van der Waals surface area contributed by atoms with Crippen LogP contribution in [0.5, 0.6) is 5.75 Å². The number of methoxy groups -OCH3 is 1. The fourth-order valence-electron chi connectivity index (χ4n) is 2.11. The highest BCUT2D eigenvalue weighted by Crippen LogP contribution is 2.42. The maximum atomic E-state index is 5.56. The number of rotatable bonds is 4. The van der Waals surface area contributed by atoms with E-state index in [0.717, 1.165) is 36.6 Å². The summed E-state index contributed by atoms with van der Waals surface area (Å²) in [6, 6.07) is 4.66. The topological polar surface area (TPSA) is 47.3 Å². The van der Waals surface area contributed by atoms with Crippen molar-refractivity contribution in [3.05, 3.63) is 17.7 Å². The van der Waals surface area contributed by atoms with E-state index in [9.17, 15) is 0 Å². The highest BCUT2D eigenvalue weighted by molar-refractivity contribution is 7.99. The summed E-state index contributed by atoms with van der Waals surface area (Å²) in [7, 11) is 1.72. The molecule has 3 N–H and O–H groups in total. The predicted molar refractivity (Wildman–Crippen MR) is 74.2 cm³/mol. The van der Waals surface area contributed by atoms with Gasteiger partial charge in [-0.3, -0.25) is 0 Å². The van der Waals surface area contributed by atoms with Crippen molar-refractivity contribution in [1.82, 2.24) is 0 Å². The Hall–Kier alpha value is -0.870. The molecule has 0 amide bonds. The van der Waals surface area contributed by atoms with E-state index in [1.165, 1.54) is 10.5 Å². The average Bonchev–Trinajstić information content (AvgIpc) is 2.37. The van der Waals surface area contributed by atoms with Crippen molar-refractivity contribution in [3.63, 3.8) is 0 Å². The van der Waals surface area contributed by atoms with E-state index in [1.807, 2.05) is 17.8 Å². The average molecular weight is 252 g/mol. The number of nitrogens with two attached hydrogens (primary N) is 1. The number of anilines is 1. The van der Waals surface area contributed by atoms with Crippen LogP contribution in [-0.2, 0) is 0 Å². The van der Waals surface area contributed by atoms with Gasteiger partial charge in [-0.1, -0.05) is 6.07 Å². The van der Waals surface area contributed by atoms with Crippen LogP contribution in [-0.4, -0.2) is 25.4 Å². The van der Waals surface area contributed by atoms with Crippen LogP contribution in [0.25, 0.3) is 0 Å². The van der Waals surface area contributed by atoms with Crippen LogP contribution in [0.4, 0.5) is 5.69 Å². The maximum absolute atomic E-state index is 5.56. The number of fused-ring (bicyclic) bond motifs is 1. The van der Waals surface area contributed by atoms with Gasteiger partial charge in [0.25, 0.3) is 0 Å². The molecule has 94 valence electrons. The van der Waals surface area contributed by atoms with Crippen LogP contribution in [0.1, 0.15) is 18.4 Å². The van der Waals surface area contributed by atoms with E-state index in [0.29, 0.717) is 6.04 Å². The van der Waals surface area contributed by atoms with Gasteiger partial charge >= 0.3 is 0 Å². The second-order valence-corrected chi connectivity index (χ2v) is 5.40. The zero-order valence-electron chi connectivity index (χ0n) is 10.5. The van der Waals surface area contributed by atoms with Gasteiger partial charge in [-0.25, -0.2) is 0 Å². The van der Waals surface area contributed by atoms with E-state index >= 15 is 0 Å². The van der Waals surface area contributed by atoms with Crippen molar-refractivity contribution < 1.29 is 4.74 Å². The Labute approximate surface area is 107 Å². The second-order valence-electron chi connectivity index (χ2n) is 4.37. The number of benzene rings is 1. The van der Waals surface area contributed by atoms with Crippen molar-refractivity contribution >= 4 is 17.4 Å². The predicted octanol–water partition coefficient (Wildman–Crippen LogP) is 2.63. The Balaban J connectivity index is 2.20. The van der Waals surface area contributed by atoms with Crippen molar-refractivity contribution in [3.8, 4) is 5.75 Å². The molecular weight excluding hydrogens is 232 g/mol. The van der Waals surface area contributed by atoms with E-state index in [-0.39, 0.29) is 0 Å². The van der Waals surface area contributed by atoms with Crippen molar-refractivity contribution in [2.75, 3.05) is 24.7 Å². The van der Waals surface area contributed by atoms with E-state index in [1.54, 1.807) is 7.11 Å². The molecule has 0 fully saturated rings. The molecule has 0 saturated carbocycles. The van der Waals surface area contributed by atoms with Crippen LogP contribution < -0.4 is 15.8 Å². The molecule has 3 nitrogen and oxygen atoms in total. The molecule has 1 aliphatic heterocycles. The van der Waals surface area contributed by atoms with Crippen LogP contribution >= 0.6 is 11.8 Å². The minimum atomic E-state index is 0.506. The van der Waals surface area contributed by atoms with E-state index in [2.05, 4.69) is 18.3 Å². The lowest BCUT2D eigenvalue weighted by Crippen LogP contribution is -2.27. The number of ether oxygens (including phenoxy) is 1. The molecule has 0 aliphatic carbocycles. The first kappa shape index (κ1) is 12.6. The summed E-state index contributed by atoms with van der Waals surface area (Å²) < 4.78 is 5.42. The van der Waals surface area contributed by atoms with Crippen LogP contribution in [0.15, 0.2) is 17.0 Å². The number of hydrogen-bond donors (Lipinski definition) is 2. The van der Waals surface area contributed by atoms with Crippen LogP contribution in [0, 0.1) is 6.92 Å². The largest absolute Gasteiger partial charge is 0.495 e. The third-order valence-electron chi connectivity index (χ3n) is 3.07. The van der Waals surface area contributed by atoms with Crippen molar-refractivity contribution in [1.29, 1.82) is 0 Å². The molecule has 0 saturated heterocycles. The van der Waals surface area contributed by atoms with Crippen molar-refractivity contribution in [2.45, 2.75) is 30.7 Å². The van der Waals surface area contributed by atoms with Crippen LogP contribution in [0.2, 0.25) is 0 Å². The summed E-state index contributed by atoms with van der Waals surface area (Å²) in [5.74, 6) is 2.05. The van der Waals surface area contributed by atoms with Gasteiger partial charge in [-0.2, -0.15) is 0 Å². The highest BCUT2D eigenvalue weighted by Gasteiger charge is 2.22. The summed E-state index contributed by atoms with van der Waals surface area (Å²) in [4.78, 5) is 1.33. The summed E-state index contributed by atoms with van der Waals surface area (Å²) in [5.41, 5.74) is 8.03. The minimum Gasteiger partial charge on any atom is -0.495 e. The van der Waals surface area contributed by atoms with Crippen molar-refractivity contribution in [2.24, 2.45) is 5.73 Å². The molecule has 17 heavy (non-hydrogen) atoms. The monoisotopic (exact) mass is 252 g/mol. The van der Waals surface area contributed by atoms with Gasteiger partial charge in [0.05, 0.1) is 12.8 Å². The lowest BCUT2D eigenvalue weighted by atomic mass is 10.1. The first-order valence-electron chi connectivity index (χ1n) is 6.03. The lowest BCUT2D eigenvalue weighted by molar-refractivity contribution is 0.414. The fourth-order valence-corrected chi connectivity index (χ4v) is 3.33. The third-order valence-corrected chi connectivity index (χ3v) is 4.45. The van der Waals surface area contributed by atoms with Gasteiger partial charge in [-0.15, -0.1) is 11.8 Å². The zero-order chi connectivity index (χ0) is 12.3. The quantitative estimate of drug-likeness (QED) is 0.865. The lowest BCUT2D eigenvalue weighted by Gasteiger charge is -2.29. The molecule has 1 aliphatic rings.